The highest BCUT2D eigenvalue weighted by Crippen LogP contribution is 2.21. The SMILES string of the molecule is O=C(NCCc1ccccn1)c1cccnc1N1CCCC1. The fraction of sp³-hybridized carbons (Fsp3) is 0.353. The molecule has 3 heterocycles. The van der Waals surface area contributed by atoms with E-state index in [2.05, 4.69) is 20.2 Å². The third-order valence-corrected chi connectivity index (χ3v) is 3.83. The Balaban J connectivity index is 1.62. The van der Waals surface area contributed by atoms with Crippen molar-refractivity contribution >= 4 is 11.7 Å². The third kappa shape index (κ3) is 3.42. The molecule has 0 aliphatic carbocycles. The molecule has 1 saturated heterocycles. The van der Waals surface area contributed by atoms with Crippen LogP contribution in [-0.2, 0) is 6.42 Å². The Morgan fingerprint density at radius 1 is 1.09 bits per heavy atom. The van der Waals surface area contributed by atoms with Gasteiger partial charge in [-0.15, -0.1) is 0 Å². The molecule has 0 spiro atoms. The van der Waals surface area contributed by atoms with E-state index in [0.29, 0.717) is 12.1 Å². The van der Waals surface area contributed by atoms with Gasteiger partial charge in [-0.05, 0) is 37.1 Å². The van der Waals surface area contributed by atoms with Crippen LogP contribution in [0, 0.1) is 0 Å². The minimum atomic E-state index is -0.0640. The van der Waals surface area contributed by atoms with Crippen LogP contribution in [0.5, 0.6) is 0 Å². The molecule has 0 bridgehead atoms. The average molecular weight is 296 g/mol. The van der Waals surface area contributed by atoms with E-state index in [0.717, 1.165) is 43.9 Å². The number of nitrogens with one attached hydrogen (secondary N) is 1. The Morgan fingerprint density at radius 3 is 2.68 bits per heavy atom. The Labute approximate surface area is 130 Å². The first-order valence-corrected chi connectivity index (χ1v) is 7.72. The summed E-state index contributed by atoms with van der Waals surface area (Å²) < 4.78 is 0. The molecule has 114 valence electrons. The lowest BCUT2D eigenvalue weighted by molar-refractivity contribution is 0.0954. The number of nitrogens with zero attached hydrogens (tertiary/aromatic N) is 3. The second-order valence-corrected chi connectivity index (χ2v) is 5.40. The fourth-order valence-corrected chi connectivity index (χ4v) is 2.70. The molecule has 1 N–H and O–H groups in total. The maximum Gasteiger partial charge on any atom is 0.255 e. The number of aromatic nitrogens is 2. The molecule has 3 rings (SSSR count). The molecule has 1 fully saturated rings. The van der Waals surface area contributed by atoms with Crippen LogP contribution in [0.15, 0.2) is 42.7 Å². The number of amides is 1. The third-order valence-electron chi connectivity index (χ3n) is 3.83. The van der Waals surface area contributed by atoms with Crippen molar-refractivity contribution < 1.29 is 4.79 Å². The van der Waals surface area contributed by atoms with Gasteiger partial charge >= 0.3 is 0 Å². The van der Waals surface area contributed by atoms with Crippen LogP contribution < -0.4 is 10.2 Å². The normalized spacial score (nSPS) is 14.1. The summed E-state index contributed by atoms with van der Waals surface area (Å²) in [6, 6.07) is 9.46. The number of hydrogen-bond donors (Lipinski definition) is 1. The Bertz CT molecular complexity index is 624. The smallest absolute Gasteiger partial charge is 0.255 e. The molecule has 5 nitrogen and oxygen atoms in total. The fourth-order valence-electron chi connectivity index (χ4n) is 2.70. The maximum absolute atomic E-state index is 12.4. The molecule has 2 aromatic heterocycles. The van der Waals surface area contributed by atoms with E-state index in [4.69, 9.17) is 0 Å². The van der Waals surface area contributed by atoms with E-state index in [1.807, 2.05) is 30.3 Å². The monoisotopic (exact) mass is 296 g/mol. The van der Waals surface area contributed by atoms with Gasteiger partial charge in [0.2, 0.25) is 0 Å². The number of anilines is 1. The summed E-state index contributed by atoms with van der Waals surface area (Å²) in [5.74, 6) is 0.737. The molecule has 0 saturated carbocycles. The van der Waals surface area contributed by atoms with E-state index in [1.54, 1.807) is 12.4 Å². The summed E-state index contributed by atoms with van der Waals surface area (Å²) in [6.07, 6.45) is 6.57. The van der Waals surface area contributed by atoms with Gasteiger partial charge in [-0.2, -0.15) is 0 Å². The van der Waals surface area contributed by atoms with Gasteiger partial charge in [0.05, 0.1) is 5.56 Å². The summed E-state index contributed by atoms with van der Waals surface area (Å²) in [7, 11) is 0. The molecular weight excluding hydrogens is 276 g/mol. The number of carbonyl (C=O) groups excluding carboxylic acids is 1. The molecule has 0 atom stereocenters. The van der Waals surface area contributed by atoms with Crippen LogP contribution in [0.3, 0.4) is 0 Å². The first-order valence-electron chi connectivity index (χ1n) is 7.72. The van der Waals surface area contributed by atoms with Crippen LogP contribution in [0.2, 0.25) is 0 Å². The standard InChI is InChI=1S/C17H20N4O/c22-17(20-11-8-14-6-1-2-9-18-14)15-7-5-10-19-16(15)21-12-3-4-13-21/h1-2,5-7,9-10H,3-4,8,11-13H2,(H,20,22). The summed E-state index contributed by atoms with van der Waals surface area (Å²) in [6.45, 7) is 2.53. The highest BCUT2D eigenvalue weighted by atomic mass is 16.1. The van der Waals surface area contributed by atoms with E-state index < -0.39 is 0 Å². The first-order chi connectivity index (χ1) is 10.8. The van der Waals surface area contributed by atoms with Gasteiger partial charge in [0.25, 0.3) is 5.91 Å². The quantitative estimate of drug-likeness (QED) is 0.917. The Morgan fingerprint density at radius 2 is 1.91 bits per heavy atom. The zero-order valence-electron chi connectivity index (χ0n) is 12.5. The van der Waals surface area contributed by atoms with Crippen molar-refractivity contribution in [2.24, 2.45) is 0 Å². The van der Waals surface area contributed by atoms with Crippen molar-refractivity contribution in [3.8, 4) is 0 Å². The van der Waals surface area contributed by atoms with Crippen LogP contribution in [-0.4, -0.2) is 35.5 Å². The van der Waals surface area contributed by atoms with Gasteiger partial charge in [-0.3, -0.25) is 9.78 Å². The van der Waals surface area contributed by atoms with Gasteiger partial charge in [0.1, 0.15) is 5.82 Å². The van der Waals surface area contributed by atoms with Crippen LogP contribution in [0.4, 0.5) is 5.82 Å². The zero-order valence-corrected chi connectivity index (χ0v) is 12.5. The number of pyridine rings is 2. The predicted molar refractivity (Wildman–Crippen MR) is 86.0 cm³/mol. The maximum atomic E-state index is 12.4. The van der Waals surface area contributed by atoms with E-state index in [-0.39, 0.29) is 5.91 Å². The lowest BCUT2D eigenvalue weighted by Gasteiger charge is -2.19. The zero-order chi connectivity index (χ0) is 15.2. The molecule has 0 radical (unpaired) electrons. The van der Waals surface area contributed by atoms with Gasteiger partial charge in [-0.25, -0.2) is 4.98 Å². The highest BCUT2D eigenvalue weighted by molar-refractivity contribution is 5.98. The highest BCUT2D eigenvalue weighted by Gasteiger charge is 2.20. The average Bonchev–Trinajstić information content (AvgIpc) is 3.10. The van der Waals surface area contributed by atoms with E-state index in [9.17, 15) is 4.79 Å². The molecule has 0 aromatic carbocycles. The lowest BCUT2D eigenvalue weighted by atomic mass is 10.2. The molecule has 22 heavy (non-hydrogen) atoms. The first kappa shape index (κ1) is 14.5. The Kier molecular flexibility index (Phi) is 4.63. The minimum absolute atomic E-state index is 0.0640. The summed E-state index contributed by atoms with van der Waals surface area (Å²) in [4.78, 5) is 23.3. The van der Waals surface area contributed by atoms with Crippen LogP contribution in [0.25, 0.3) is 0 Å². The van der Waals surface area contributed by atoms with Gasteiger partial charge < -0.3 is 10.2 Å². The van der Waals surface area contributed by atoms with Crippen molar-refractivity contribution in [2.45, 2.75) is 19.3 Å². The summed E-state index contributed by atoms with van der Waals surface area (Å²) in [5.41, 5.74) is 1.64. The van der Waals surface area contributed by atoms with Crippen molar-refractivity contribution in [3.05, 3.63) is 54.0 Å². The lowest BCUT2D eigenvalue weighted by Crippen LogP contribution is -2.29. The van der Waals surface area contributed by atoms with Crippen molar-refractivity contribution in [3.63, 3.8) is 0 Å². The largest absolute Gasteiger partial charge is 0.356 e. The predicted octanol–water partition coefficient (Wildman–Crippen LogP) is 2.05. The van der Waals surface area contributed by atoms with E-state index >= 15 is 0 Å². The van der Waals surface area contributed by atoms with Crippen molar-refractivity contribution in [1.82, 2.24) is 15.3 Å². The molecule has 1 aliphatic heterocycles. The second kappa shape index (κ2) is 7.02. The van der Waals surface area contributed by atoms with Gasteiger partial charge in [0.15, 0.2) is 0 Å². The van der Waals surface area contributed by atoms with Crippen molar-refractivity contribution in [2.75, 3.05) is 24.5 Å². The number of carbonyl (C=O) groups is 1. The summed E-state index contributed by atoms with van der Waals surface area (Å²) >= 11 is 0. The minimum Gasteiger partial charge on any atom is -0.356 e. The van der Waals surface area contributed by atoms with Crippen LogP contribution >= 0.6 is 0 Å². The second-order valence-electron chi connectivity index (χ2n) is 5.40. The topological polar surface area (TPSA) is 58.1 Å². The molecule has 1 amide bonds. The number of hydrogen-bond acceptors (Lipinski definition) is 4. The molecule has 1 aliphatic rings. The molecule has 0 unspecified atom stereocenters. The van der Waals surface area contributed by atoms with E-state index in [1.165, 1.54) is 0 Å². The summed E-state index contributed by atoms with van der Waals surface area (Å²) in [5, 5.41) is 2.97. The molecule has 2 aromatic rings. The molecular formula is C17H20N4O. The Hall–Kier alpha value is -2.43. The van der Waals surface area contributed by atoms with Crippen molar-refractivity contribution in [1.29, 1.82) is 0 Å². The van der Waals surface area contributed by atoms with Crippen LogP contribution in [0.1, 0.15) is 28.9 Å². The van der Waals surface area contributed by atoms with Gasteiger partial charge in [0, 0.05) is 44.1 Å². The van der Waals surface area contributed by atoms with Gasteiger partial charge in [-0.1, -0.05) is 6.07 Å². The molecule has 5 heteroatoms. The number of rotatable bonds is 5.